The van der Waals surface area contributed by atoms with Crippen molar-refractivity contribution in [1.82, 2.24) is 10.3 Å². The quantitative estimate of drug-likeness (QED) is 0.0544. The maximum Gasteiger partial charge on any atom is 0.337 e. The predicted octanol–water partition coefficient (Wildman–Crippen LogP) is 7.46. The van der Waals surface area contributed by atoms with Crippen LogP contribution in [0.15, 0.2) is 67.0 Å². The molecule has 9 nitrogen and oxygen atoms in total. The Morgan fingerprint density at radius 3 is 2.39 bits per heavy atom. The maximum atomic E-state index is 11.5. The number of ether oxygens (including phenoxy) is 3. The van der Waals surface area contributed by atoms with Gasteiger partial charge in [-0.1, -0.05) is 48.4 Å². The maximum absolute atomic E-state index is 11.5. The number of halogens is 2. The third-order valence-corrected chi connectivity index (χ3v) is 8.86. The highest BCUT2D eigenvalue weighted by atomic mass is 35.5. The van der Waals surface area contributed by atoms with Crippen LogP contribution >= 0.6 is 23.2 Å². The second-order valence-corrected chi connectivity index (χ2v) is 12.6. The van der Waals surface area contributed by atoms with Crippen molar-refractivity contribution in [3.8, 4) is 28.4 Å². The molecule has 0 radical (unpaired) electrons. The average molecular weight is 711 g/mol. The van der Waals surface area contributed by atoms with Gasteiger partial charge in [-0.15, -0.1) is 11.6 Å². The van der Waals surface area contributed by atoms with Crippen LogP contribution < -0.4 is 25.3 Å². The molecule has 5 N–H and O–H groups in total. The molecule has 0 aliphatic carbocycles. The summed E-state index contributed by atoms with van der Waals surface area (Å²) < 4.78 is 18.5. The first kappa shape index (κ1) is 38.0. The second-order valence-electron chi connectivity index (χ2n) is 11.8. The molecule has 0 saturated carbocycles. The van der Waals surface area contributed by atoms with Crippen molar-refractivity contribution in [3.63, 3.8) is 0 Å². The lowest BCUT2D eigenvalue weighted by Crippen LogP contribution is -2.32. The Morgan fingerprint density at radius 1 is 0.898 bits per heavy atom. The number of hydrogen-bond acceptors (Lipinski definition) is 8. The first-order valence-electron chi connectivity index (χ1n) is 16.4. The topological polar surface area (TPSA) is 136 Å². The zero-order chi connectivity index (χ0) is 35.2. The predicted molar refractivity (Wildman–Crippen MR) is 194 cm³/mol. The lowest BCUT2D eigenvalue weighted by atomic mass is 9.93. The minimum atomic E-state index is -1.07. The number of rotatable bonds is 20. The molecule has 1 heterocycles. The number of carbonyl (C=O) groups is 1. The van der Waals surface area contributed by atoms with E-state index in [2.05, 4.69) is 36.3 Å². The molecule has 11 heteroatoms. The zero-order valence-electron chi connectivity index (χ0n) is 28.0. The van der Waals surface area contributed by atoms with Gasteiger partial charge in [0.25, 0.3) is 0 Å². The van der Waals surface area contributed by atoms with E-state index in [1.165, 1.54) is 12.3 Å². The SMILES string of the molecule is Cc1c(COc2cc(OCc3cncc(C(=O)O)c3)c(CN[C@H](CO)CCCCN)cc2Cl)cccc1-c1cccc(OCCCCl)c1C. The number of pyridine rings is 1. The van der Waals surface area contributed by atoms with Gasteiger partial charge < -0.3 is 35.5 Å². The Hall–Kier alpha value is -3.86. The van der Waals surface area contributed by atoms with Crippen molar-refractivity contribution in [2.45, 2.75) is 65.3 Å². The van der Waals surface area contributed by atoms with Crippen molar-refractivity contribution in [3.05, 3.63) is 105 Å². The Bertz CT molecular complexity index is 1690. The van der Waals surface area contributed by atoms with Gasteiger partial charge in [0.2, 0.25) is 0 Å². The highest BCUT2D eigenvalue weighted by Crippen LogP contribution is 2.36. The molecule has 0 saturated heterocycles. The lowest BCUT2D eigenvalue weighted by Gasteiger charge is -2.20. The summed E-state index contributed by atoms with van der Waals surface area (Å²) >= 11 is 12.6. The second kappa shape index (κ2) is 19.4. The van der Waals surface area contributed by atoms with Crippen LogP contribution in [-0.2, 0) is 19.8 Å². The number of aliphatic hydroxyl groups excluding tert-OH is 1. The van der Waals surface area contributed by atoms with E-state index in [4.69, 9.17) is 43.1 Å². The van der Waals surface area contributed by atoms with Gasteiger partial charge in [-0.3, -0.25) is 4.98 Å². The van der Waals surface area contributed by atoms with E-state index in [-0.39, 0.29) is 31.4 Å². The van der Waals surface area contributed by atoms with E-state index in [1.54, 1.807) is 18.3 Å². The largest absolute Gasteiger partial charge is 0.493 e. The van der Waals surface area contributed by atoms with Crippen molar-refractivity contribution >= 4 is 29.2 Å². The summed E-state index contributed by atoms with van der Waals surface area (Å²) in [5, 5.41) is 23.1. The highest BCUT2D eigenvalue weighted by Gasteiger charge is 2.17. The third-order valence-electron chi connectivity index (χ3n) is 8.30. The number of unbranched alkanes of at least 4 members (excludes halogenated alkanes) is 1. The molecule has 0 aliphatic heterocycles. The fraction of sp³-hybridized carbons (Fsp3) is 0.368. The van der Waals surface area contributed by atoms with Gasteiger partial charge >= 0.3 is 5.97 Å². The number of nitrogens with zero attached hydrogens (tertiary/aromatic N) is 1. The molecule has 1 atom stereocenters. The van der Waals surface area contributed by atoms with E-state index in [0.29, 0.717) is 47.7 Å². The highest BCUT2D eigenvalue weighted by molar-refractivity contribution is 6.32. The molecular weight excluding hydrogens is 665 g/mol. The Balaban J connectivity index is 1.56. The molecule has 1 aromatic heterocycles. The fourth-order valence-corrected chi connectivity index (χ4v) is 5.79. The van der Waals surface area contributed by atoms with E-state index < -0.39 is 5.97 Å². The summed E-state index contributed by atoms with van der Waals surface area (Å²) in [6.45, 7) is 6.00. The number of aliphatic hydroxyl groups is 1. The molecule has 0 amide bonds. The smallest absolute Gasteiger partial charge is 0.337 e. The Kier molecular flexibility index (Phi) is 15.0. The van der Waals surface area contributed by atoms with Gasteiger partial charge in [-0.05, 0) is 85.7 Å². The number of hydrogen-bond donors (Lipinski definition) is 4. The standard InChI is InChI=1S/C38H45Cl2N3O6/c1-25-28(8-5-10-32(25)33-11-6-12-35(26(33)2)47-15-7-13-39)24-49-37-18-36(48-23-27-16-30(38(45)46)20-42-19-27)29(17-34(37)40)21-43-31(22-44)9-3-4-14-41/h5-6,8,10-12,16-20,31,43-44H,3-4,7,9,13-15,21-24,41H2,1-2H3,(H,45,46)/t31-/m0/s1. The van der Waals surface area contributed by atoms with E-state index in [1.807, 2.05) is 24.3 Å². The van der Waals surface area contributed by atoms with Crippen molar-refractivity contribution in [2.75, 3.05) is 25.6 Å². The van der Waals surface area contributed by atoms with E-state index in [0.717, 1.165) is 64.8 Å². The van der Waals surface area contributed by atoms with Crippen molar-refractivity contribution in [1.29, 1.82) is 0 Å². The molecule has 4 rings (SSSR count). The number of nitrogens with two attached hydrogens (primary N) is 1. The van der Waals surface area contributed by atoms with Crippen LogP contribution in [0.3, 0.4) is 0 Å². The number of aromatic carboxylic acids is 1. The van der Waals surface area contributed by atoms with Crippen LogP contribution in [0.4, 0.5) is 0 Å². The lowest BCUT2D eigenvalue weighted by molar-refractivity contribution is 0.0696. The molecule has 3 aromatic carbocycles. The summed E-state index contributed by atoms with van der Waals surface area (Å²) in [5.41, 5.74) is 12.4. The number of alkyl halides is 1. The van der Waals surface area contributed by atoms with Gasteiger partial charge in [-0.2, -0.15) is 0 Å². The molecule has 0 spiro atoms. The van der Waals surface area contributed by atoms with Gasteiger partial charge in [0, 0.05) is 48.1 Å². The van der Waals surface area contributed by atoms with Crippen LogP contribution in [0.25, 0.3) is 11.1 Å². The fourth-order valence-electron chi connectivity index (χ4n) is 5.44. The molecule has 49 heavy (non-hydrogen) atoms. The van der Waals surface area contributed by atoms with Gasteiger partial charge in [0.1, 0.15) is 30.5 Å². The first-order chi connectivity index (χ1) is 23.7. The van der Waals surface area contributed by atoms with Crippen LogP contribution in [0.2, 0.25) is 5.02 Å². The summed E-state index contributed by atoms with van der Waals surface area (Å²) in [6, 6.07) is 17.1. The molecular formula is C38H45Cl2N3O6. The van der Waals surface area contributed by atoms with E-state index >= 15 is 0 Å². The van der Waals surface area contributed by atoms with E-state index in [9.17, 15) is 15.0 Å². The Labute approximate surface area is 298 Å². The van der Waals surface area contributed by atoms with Gasteiger partial charge in [0.05, 0.1) is 23.8 Å². The minimum absolute atomic E-state index is 0.0212. The summed E-state index contributed by atoms with van der Waals surface area (Å²) in [5.74, 6) is 1.27. The number of nitrogens with one attached hydrogen (secondary N) is 1. The third kappa shape index (κ3) is 10.8. The first-order valence-corrected chi connectivity index (χ1v) is 17.3. The zero-order valence-corrected chi connectivity index (χ0v) is 29.5. The number of aromatic nitrogens is 1. The summed E-state index contributed by atoms with van der Waals surface area (Å²) in [4.78, 5) is 15.5. The monoisotopic (exact) mass is 709 g/mol. The molecule has 262 valence electrons. The Morgan fingerprint density at radius 2 is 1.65 bits per heavy atom. The van der Waals surface area contributed by atoms with Crippen molar-refractivity contribution < 1.29 is 29.2 Å². The molecule has 0 fully saturated rings. The van der Waals surface area contributed by atoms with Crippen LogP contribution in [-0.4, -0.2) is 52.8 Å². The molecule has 4 aromatic rings. The molecule has 0 unspecified atom stereocenters. The molecule has 0 bridgehead atoms. The number of carboxylic acid groups (broad SMARTS) is 1. The number of carboxylic acids is 1. The summed E-state index contributed by atoms with van der Waals surface area (Å²) in [7, 11) is 0. The van der Waals surface area contributed by atoms with Gasteiger partial charge in [-0.25, -0.2) is 4.79 Å². The number of benzene rings is 3. The van der Waals surface area contributed by atoms with Crippen LogP contribution in [0.5, 0.6) is 17.2 Å². The minimum Gasteiger partial charge on any atom is -0.493 e. The van der Waals surface area contributed by atoms with Gasteiger partial charge in [0.15, 0.2) is 0 Å². The summed E-state index contributed by atoms with van der Waals surface area (Å²) in [6.07, 6.45) is 6.18. The van der Waals surface area contributed by atoms with Crippen LogP contribution in [0, 0.1) is 13.8 Å². The van der Waals surface area contributed by atoms with Crippen molar-refractivity contribution in [2.24, 2.45) is 5.73 Å². The molecule has 0 aliphatic rings. The average Bonchev–Trinajstić information content (AvgIpc) is 3.10. The van der Waals surface area contributed by atoms with Crippen LogP contribution in [0.1, 0.15) is 63.9 Å². The normalized spacial score (nSPS) is 11.7.